The van der Waals surface area contributed by atoms with E-state index in [1.807, 2.05) is 0 Å². The van der Waals surface area contributed by atoms with Gasteiger partial charge in [0.1, 0.15) is 0 Å². The molecule has 0 bridgehead atoms. The van der Waals surface area contributed by atoms with E-state index in [0.29, 0.717) is 22.2 Å². The van der Waals surface area contributed by atoms with Gasteiger partial charge < -0.3 is 10.1 Å². The van der Waals surface area contributed by atoms with Crippen molar-refractivity contribution in [1.29, 1.82) is 0 Å². The van der Waals surface area contributed by atoms with E-state index in [9.17, 15) is 23.6 Å². The predicted octanol–water partition coefficient (Wildman–Crippen LogP) is 3.41. The number of nitro benzene ring substituents is 1. The highest BCUT2D eigenvalue weighted by Crippen LogP contribution is 2.40. The molecule has 0 aliphatic carbocycles. The molecule has 140 valence electrons. The Labute approximate surface area is 153 Å². The number of benzene rings is 2. The van der Waals surface area contributed by atoms with Crippen LogP contribution in [0, 0.1) is 17.0 Å². The minimum absolute atomic E-state index is 0.0677. The highest BCUT2D eigenvalue weighted by Gasteiger charge is 2.20. The first-order chi connectivity index (χ1) is 12.7. The van der Waals surface area contributed by atoms with Crippen molar-refractivity contribution in [3.8, 4) is 5.88 Å². The van der Waals surface area contributed by atoms with Crippen molar-refractivity contribution in [3.05, 3.63) is 52.1 Å². The van der Waals surface area contributed by atoms with Gasteiger partial charge >= 0.3 is 0 Å². The Hall–Kier alpha value is -3.31. The molecule has 11 heteroatoms. The molecule has 0 atom stereocenters. The van der Waals surface area contributed by atoms with Crippen LogP contribution in [0.25, 0.3) is 10.9 Å². The number of aromatic hydroxyl groups is 1. The van der Waals surface area contributed by atoms with Gasteiger partial charge in [0, 0.05) is 17.0 Å². The number of fused-ring (bicyclic) bond motifs is 1. The molecule has 0 radical (unpaired) electrons. The van der Waals surface area contributed by atoms with Crippen molar-refractivity contribution in [1.82, 2.24) is 9.71 Å². The van der Waals surface area contributed by atoms with Crippen molar-refractivity contribution in [2.75, 3.05) is 7.05 Å². The summed E-state index contributed by atoms with van der Waals surface area (Å²) in [6.07, 6.45) is 0. The number of H-pyrrole nitrogens is 1. The maximum atomic E-state index is 11.7. The third-order valence-corrected chi connectivity index (χ3v) is 5.46. The third-order valence-electron chi connectivity index (χ3n) is 4.03. The average Bonchev–Trinajstić information content (AvgIpc) is 2.96. The van der Waals surface area contributed by atoms with E-state index < -0.39 is 14.9 Å². The van der Waals surface area contributed by atoms with E-state index in [0.717, 1.165) is 0 Å². The number of nitrogens with one attached hydrogen (secondary N) is 2. The topological polar surface area (TPSA) is 150 Å². The first-order valence-corrected chi connectivity index (χ1v) is 9.17. The van der Waals surface area contributed by atoms with Crippen LogP contribution in [0.4, 0.5) is 17.1 Å². The van der Waals surface area contributed by atoms with Crippen LogP contribution in [0.3, 0.4) is 0 Å². The molecule has 10 nitrogen and oxygen atoms in total. The zero-order chi connectivity index (χ0) is 19.8. The minimum atomic E-state index is -3.56. The quantitative estimate of drug-likeness (QED) is 0.347. The van der Waals surface area contributed by atoms with Gasteiger partial charge in [-0.2, -0.15) is 5.11 Å². The van der Waals surface area contributed by atoms with E-state index in [4.69, 9.17) is 0 Å². The molecule has 3 aromatic rings. The number of nitro groups is 1. The molecule has 3 N–H and O–H groups in total. The molecule has 0 unspecified atom stereocenters. The summed E-state index contributed by atoms with van der Waals surface area (Å²) >= 11 is 0. The fraction of sp³-hybridized carbons (Fsp3) is 0.125. The first-order valence-electron chi connectivity index (χ1n) is 7.68. The summed E-state index contributed by atoms with van der Waals surface area (Å²) in [6, 6.07) is 8.46. The molecule has 1 aromatic heterocycles. The number of hydrogen-bond acceptors (Lipinski definition) is 7. The average molecular weight is 389 g/mol. The van der Waals surface area contributed by atoms with Crippen molar-refractivity contribution in [2.24, 2.45) is 10.2 Å². The number of azo groups is 1. The monoisotopic (exact) mass is 389 g/mol. The van der Waals surface area contributed by atoms with Crippen molar-refractivity contribution in [3.63, 3.8) is 0 Å². The van der Waals surface area contributed by atoms with E-state index in [1.54, 1.807) is 6.92 Å². The Morgan fingerprint density at radius 2 is 1.81 bits per heavy atom. The summed E-state index contributed by atoms with van der Waals surface area (Å²) in [7, 11) is -2.25. The van der Waals surface area contributed by atoms with E-state index in [2.05, 4.69) is 19.9 Å². The molecule has 2 aromatic carbocycles. The SMILES string of the molecule is CNS(=O)(=O)c1ccc(N=Nc2c(O)[nH]c3ccc([N+](=O)[O-])c(C)c23)cc1. The summed E-state index contributed by atoms with van der Waals surface area (Å²) in [5, 5.41) is 29.6. The zero-order valence-corrected chi connectivity index (χ0v) is 15.1. The van der Waals surface area contributed by atoms with E-state index in [1.165, 1.54) is 43.4 Å². The van der Waals surface area contributed by atoms with Gasteiger partial charge in [0.05, 0.1) is 21.0 Å². The maximum Gasteiger partial charge on any atom is 0.273 e. The lowest BCUT2D eigenvalue weighted by Crippen LogP contribution is -2.18. The second-order valence-electron chi connectivity index (χ2n) is 5.61. The molecule has 0 amide bonds. The molecule has 0 fully saturated rings. The standard InChI is InChI=1S/C16H15N5O5S/c1-9-13(21(23)24)8-7-12-14(9)15(16(22)18-12)20-19-10-3-5-11(6-4-10)27(25,26)17-2/h3-8,17-18,22H,1-2H3. The number of sulfonamides is 1. The van der Waals surface area contributed by atoms with Crippen LogP contribution in [-0.4, -0.2) is 30.5 Å². The molecular formula is C16H15N5O5S. The largest absolute Gasteiger partial charge is 0.493 e. The van der Waals surface area contributed by atoms with Crippen molar-refractivity contribution >= 4 is 38.0 Å². The minimum Gasteiger partial charge on any atom is -0.493 e. The Kier molecular flexibility index (Phi) is 4.64. The number of hydrogen-bond donors (Lipinski definition) is 3. The summed E-state index contributed by atoms with van der Waals surface area (Å²) in [5.74, 6) is -0.272. The molecular weight excluding hydrogens is 374 g/mol. The molecule has 0 saturated carbocycles. The van der Waals surface area contributed by atoms with Gasteiger partial charge in [-0.3, -0.25) is 10.1 Å². The molecule has 0 aliphatic heterocycles. The highest BCUT2D eigenvalue weighted by atomic mass is 32.2. The summed E-state index contributed by atoms with van der Waals surface area (Å²) in [4.78, 5) is 13.4. The lowest BCUT2D eigenvalue weighted by Gasteiger charge is -2.02. The molecule has 3 rings (SSSR count). The second kappa shape index (κ2) is 6.78. The van der Waals surface area contributed by atoms with Gasteiger partial charge in [-0.1, -0.05) is 0 Å². The Balaban J connectivity index is 2.02. The number of aromatic nitrogens is 1. The lowest BCUT2D eigenvalue weighted by atomic mass is 10.1. The smallest absolute Gasteiger partial charge is 0.273 e. The normalized spacial score (nSPS) is 12.1. The first kappa shape index (κ1) is 18.5. The summed E-state index contributed by atoms with van der Waals surface area (Å²) in [6.45, 7) is 1.56. The van der Waals surface area contributed by atoms with Gasteiger partial charge in [-0.15, -0.1) is 5.11 Å². The van der Waals surface area contributed by atoms with Gasteiger partial charge in [0.15, 0.2) is 5.69 Å². The summed E-state index contributed by atoms with van der Waals surface area (Å²) in [5.41, 5.74) is 1.15. The Morgan fingerprint density at radius 1 is 1.15 bits per heavy atom. The lowest BCUT2D eigenvalue weighted by molar-refractivity contribution is -0.385. The summed E-state index contributed by atoms with van der Waals surface area (Å²) < 4.78 is 25.6. The van der Waals surface area contributed by atoms with Crippen molar-refractivity contribution < 1.29 is 18.4 Å². The third kappa shape index (κ3) is 3.37. The molecule has 1 heterocycles. The number of rotatable bonds is 5. The van der Waals surface area contributed by atoms with E-state index in [-0.39, 0.29) is 22.2 Å². The van der Waals surface area contributed by atoms with Crippen LogP contribution in [0.5, 0.6) is 5.88 Å². The van der Waals surface area contributed by atoms with E-state index >= 15 is 0 Å². The fourth-order valence-corrected chi connectivity index (χ4v) is 3.36. The maximum absolute atomic E-state index is 11.7. The van der Waals surface area contributed by atoms with Gasteiger partial charge in [0.25, 0.3) is 5.69 Å². The number of nitrogens with zero attached hydrogens (tertiary/aromatic N) is 3. The number of aryl methyl sites for hydroxylation is 1. The van der Waals surface area contributed by atoms with Crippen LogP contribution in [0.2, 0.25) is 0 Å². The van der Waals surface area contributed by atoms with Gasteiger partial charge in [-0.25, -0.2) is 13.1 Å². The van der Waals surface area contributed by atoms with Crippen LogP contribution in [0.1, 0.15) is 5.56 Å². The van der Waals surface area contributed by atoms with Crippen LogP contribution in [0.15, 0.2) is 51.5 Å². The van der Waals surface area contributed by atoms with Crippen LogP contribution in [-0.2, 0) is 10.0 Å². The molecule has 0 aliphatic rings. The van der Waals surface area contributed by atoms with Gasteiger partial charge in [0.2, 0.25) is 15.9 Å². The highest BCUT2D eigenvalue weighted by molar-refractivity contribution is 7.89. The molecule has 0 saturated heterocycles. The fourth-order valence-electron chi connectivity index (χ4n) is 2.63. The van der Waals surface area contributed by atoms with Crippen LogP contribution < -0.4 is 4.72 Å². The van der Waals surface area contributed by atoms with Crippen molar-refractivity contribution in [2.45, 2.75) is 11.8 Å². The van der Waals surface area contributed by atoms with Crippen LogP contribution >= 0.6 is 0 Å². The Bertz CT molecular complexity index is 1170. The van der Waals surface area contributed by atoms with Gasteiger partial charge in [-0.05, 0) is 44.3 Å². The zero-order valence-electron chi connectivity index (χ0n) is 14.3. The number of aromatic amines is 1. The predicted molar refractivity (Wildman–Crippen MR) is 98.2 cm³/mol. The molecule has 27 heavy (non-hydrogen) atoms. The second-order valence-corrected chi connectivity index (χ2v) is 7.50. The molecule has 0 spiro atoms. The Morgan fingerprint density at radius 3 is 2.41 bits per heavy atom.